The molecule has 2 heterocycles. The highest BCUT2D eigenvalue weighted by Gasteiger charge is 2.35. The van der Waals surface area contributed by atoms with Crippen molar-refractivity contribution in [3.05, 3.63) is 138 Å². The van der Waals surface area contributed by atoms with Gasteiger partial charge in [0.2, 0.25) is 0 Å². The normalized spacial score (nSPS) is 14.9. The number of fused-ring (bicyclic) bond motifs is 1. The van der Waals surface area contributed by atoms with E-state index in [2.05, 4.69) is 22.5 Å². The summed E-state index contributed by atoms with van der Waals surface area (Å²) in [6, 6.07) is 23.9. The lowest BCUT2D eigenvalue weighted by atomic mass is 9.93. The second-order valence-electron chi connectivity index (χ2n) is 8.62. The Morgan fingerprint density at radius 3 is 2.51 bits per heavy atom. The second kappa shape index (κ2) is 11.8. The third kappa shape index (κ3) is 5.44. The van der Waals surface area contributed by atoms with E-state index < -0.39 is 12.0 Å². The van der Waals surface area contributed by atoms with Gasteiger partial charge in [0.05, 0.1) is 28.5 Å². The quantitative estimate of drug-likeness (QED) is 0.204. The molecule has 1 aliphatic heterocycles. The Kier molecular flexibility index (Phi) is 8.05. The van der Waals surface area contributed by atoms with Crippen molar-refractivity contribution in [1.82, 2.24) is 4.57 Å². The van der Waals surface area contributed by atoms with Crippen molar-refractivity contribution in [3.63, 3.8) is 0 Å². The van der Waals surface area contributed by atoms with Crippen LogP contribution in [-0.2, 0) is 9.53 Å². The van der Waals surface area contributed by atoms with Gasteiger partial charge >= 0.3 is 5.97 Å². The maximum atomic E-state index is 14.0. The van der Waals surface area contributed by atoms with Crippen molar-refractivity contribution in [2.75, 3.05) is 13.2 Å². The van der Waals surface area contributed by atoms with Crippen LogP contribution in [-0.4, -0.2) is 23.8 Å². The molecule has 0 amide bonds. The van der Waals surface area contributed by atoms with Gasteiger partial charge in [0.25, 0.3) is 5.56 Å². The van der Waals surface area contributed by atoms with Crippen LogP contribution in [0.2, 0.25) is 0 Å². The van der Waals surface area contributed by atoms with E-state index in [1.165, 1.54) is 11.3 Å². The number of benzene rings is 3. The third-order valence-corrected chi connectivity index (χ3v) is 7.58. The summed E-state index contributed by atoms with van der Waals surface area (Å²) in [5.41, 5.74) is 2.86. The summed E-state index contributed by atoms with van der Waals surface area (Å²) >= 11 is 4.78. The lowest BCUT2D eigenvalue weighted by molar-refractivity contribution is -0.138. The summed E-state index contributed by atoms with van der Waals surface area (Å²) in [5.74, 6) is 0.121. The molecule has 1 aliphatic rings. The van der Waals surface area contributed by atoms with Crippen molar-refractivity contribution < 1.29 is 14.3 Å². The summed E-state index contributed by atoms with van der Waals surface area (Å²) < 4.78 is 14.2. The molecule has 0 spiro atoms. The molecule has 3 aromatic carbocycles. The van der Waals surface area contributed by atoms with E-state index in [0.29, 0.717) is 33.0 Å². The minimum Gasteiger partial charge on any atom is -0.489 e. The van der Waals surface area contributed by atoms with Gasteiger partial charge in [-0.15, -0.1) is 0 Å². The van der Waals surface area contributed by atoms with Crippen molar-refractivity contribution >= 4 is 45.0 Å². The number of ether oxygens (including phenoxy) is 2. The van der Waals surface area contributed by atoms with Crippen molar-refractivity contribution in [2.45, 2.75) is 13.0 Å². The smallest absolute Gasteiger partial charge is 0.338 e. The predicted molar refractivity (Wildman–Crippen MR) is 157 cm³/mol. The van der Waals surface area contributed by atoms with Gasteiger partial charge in [-0.3, -0.25) is 9.36 Å². The molecule has 0 saturated heterocycles. The number of esters is 1. The molecule has 5 rings (SSSR count). The predicted octanol–water partition coefficient (Wildman–Crippen LogP) is 5.26. The number of thiazole rings is 1. The molecule has 0 aliphatic carbocycles. The van der Waals surface area contributed by atoms with Gasteiger partial charge in [-0.2, -0.15) is 0 Å². The zero-order valence-electron chi connectivity index (χ0n) is 21.2. The summed E-state index contributed by atoms with van der Waals surface area (Å²) in [7, 11) is 0. The van der Waals surface area contributed by atoms with Crippen LogP contribution < -0.4 is 19.6 Å². The van der Waals surface area contributed by atoms with E-state index >= 15 is 0 Å². The van der Waals surface area contributed by atoms with E-state index in [0.717, 1.165) is 21.2 Å². The van der Waals surface area contributed by atoms with Gasteiger partial charge in [0, 0.05) is 15.6 Å². The molecule has 0 N–H and O–H groups in total. The molecule has 4 aromatic rings. The standard InChI is InChI=1S/C31H25BrN2O4S/c1-3-17-38-24-16-15-23(32)18-22(24)19-25-29(35)34-28(21-13-9-6-10-14-21)26(30(36)37-4-2)27(33-31(34)39-25)20-11-7-5-8-12-20/h3,5-16,18-19,28H,1,4,17H2,2H3/b25-19-/t28-/m1/s1. The van der Waals surface area contributed by atoms with Gasteiger partial charge < -0.3 is 9.47 Å². The van der Waals surface area contributed by atoms with Crippen LogP contribution in [0.5, 0.6) is 5.75 Å². The molecule has 1 aromatic heterocycles. The Bertz CT molecular complexity index is 1740. The number of hydrogen-bond acceptors (Lipinski definition) is 6. The molecule has 0 fully saturated rings. The highest BCUT2D eigenvalue weighted by atomic mass is 79.9. The van der Waals surface area contributed by atoms with Crippen LogP contribution in [0.1, 0.15) is 29.7 Å². The Morgan fingerprint density at radius 2 is 1.82 bits per heavy atom. The molecule has 39 heavy (non-hydrogen) atoms. The molecule has 0 bridgehead atoms. The number of rotatable bonds is 8. The average Bonchev–Trinajstić information content (AvgIpc) is 3.27. The lowest BCUT2D eigenvalue weighted by Gasteiger charge is -2.25. The summed E-state index contributed by atoms with van der Waals surface area (Å²) in [6.45, 7) is 6.01. The van der Waals surface area contributed by atoms with Crippen molar-refractivity contribution in [3.8, 4) is 5.75 Å². The van der Waals surface area contributed by atoms with Crippen molar-refractivity contribution in [1.29, 1.82) is 0 Å². The van der Waals surface area contributed by atoms with Crippen LogP contribution in [0, 0.1) is 0 Å². The number of nitrogens with zero attached hydrogens (tertiary/aromatic N) is 2. The van der Waals surface area contributed by atoms with Gasteiger partial charge in [-0.25, -0.2) is 9.79 Å². The van der Waals surface area contributed by atoms with Crippen molar-refractivity contribution in [2.24, 2.45) is 4.99 Å². The average molecular weight is 602 g/mol. The first-order chi connectivity index (χ1) is 19.0. The Balaban J connectivity index is 1.80. The molecular weight excluding hydrogens is 576 g/mol. The fourth-order valence-corrected chi connectivity index (χ4v) is 5.82. The summed E-state index contributed by atoms with van der Waals surface area (Å²) in [4.78, 5) is 32.9. The van der Waals surface area contributed by atoms with E-state index in [9.17, 15) is 9.59 Å². The van der Waals surface area contributed by atoms with E-state index in [1.54, 1.807) is 23.6 Å². The summed E-state index contributed by atoms with van der Waals surface area (Å²) in [5, 5.41) is 0. The number of carbonyl (C=O) groups excluding carboxylic acids is 1. The maximum absolute atomic E-state index is 14.0. The first-order valence-electron chi connectivity index (χ1n) is 12.4. The second-order valence-corrected chi connectivity index (χ2v) is 10.5. The van der Waals surface area contributed by atoms with Gasteiger partial charge in [-0.05, 0) is 36.8 Å². The Labute approximate surface area is 238 Å². The first-order valence-corrected chi connectivity index (χ1v) is 14.0. The molecule has 1 atom stereocenters. The lowest BCUT2D eigenvalue weighted by Crippen LogP contribution is -2.40. The van der Waals surface area contributed by atoms with Crippen LogP contribution in [0.15, 0.2) is 111 Å². The van der Waals surface area contributed by atoms with Crippen LogP contribution in [0.3, 0.4) is 0 Å². The number of aromatic nitrogens is 1. The third-order valence-electron chi connectivity index (χ3n) is 6.10. The fourth-order valence-electron chi connectivity index (χ4n) is 4.44. The molecule has 6 nitrogen and oxygen atoms in total. The minimum absolute atomic E-state index is 0.201. The minimum atomic E-state index is -0.710. The van der Waals surface area contributed by atoms with Gasteiger partial charge in [-0.1, -0.05) is 101 Å². The fraction of sp³-hybridized carbons (Fsp3) is 0.129. The SMILES string of the molecule is C=CCOc1ccc(Br)cc1/C=c1\sc2n(c1=O)[C@H](c1ccccc1)C(C(=O)OCC)=C(c1ccccc1)N=2. The molecule has 0 saturated carbocycles. The topological polar surface area (TPSA) is 69.9 Å². The Hall–Kier alpha value is -4.01. The number of halogens is 1. The highest BCUT2D eigenvalue weighted by Crippen LogP contribution is 2.35. The molecule has 196 valence electrons. The van der Waals surface area contributed by atoms with E-state index in [1.807, 2.05) is 78.9 Å². The first kappa shape index (κ1) is 26.6. The Morgan fingerprint density at radius 1 is 1.10 bits per heavy atom. The van der Waals surface area contributed by atoms with Gasteiger partial charge in [0.15, 0.2) is 4.80 Å². The summed E-state index contributed by atoms with van der Waals surface area (Å²) in [6.07, 6.45) is 3.47. The van der Waals surface area contributed by atoms with Crippen LogP contribution in [0.25, 0.3) is 11.8 Å². The molecule has 0 radical (unpaired) electrons. The maximum Gasteiger partial charge on any atom is 0.338 e. The number of carbonyl (C=O) groups is 1. The molecular formula is C31H25BrN2O4S. The molecule has 0 unspecified atom stereocenters. The number of hydrogen-bond donors (Lipinski definition) is 0. The van der Waals surface area contributed by atoms with Gasteiger partial charge in [0.1, 0.15) is 12.4 Å². The largest absolute Gasteiger partial charge is 0.489 e. The van der Waals surface area contributed by atoms with E-state index in [4.69, 9.17) is 14.5 Å². The zero-order valence-corrected chi connectivity index (χ0v) is 23.6. The van der Waals surface area contributed by atoms with Crippen LogP contribution in [0.4, 0.5) is 0 Å². The van der Waals surface area contributed by atoms with E-state index in [-0.39, 0.29) is 12.2 Å². The molecule has 8 heteroatoms. The van der Waals surface area contributed by atoms with Crippen LogP contribution >= 0.6 is 27.3 Å². The highest BCUT2D eigenvalue weighted by molar-refractivity contribution is 9.10. The zero-order chi connectivity index (χ0) is 27.4. The monoisotopic (exact) mass is 600 g/mol.